The van der Waals surface area contributed by atoms with E-state index in [0.29, 0.717) is 0 Å². The van der Waals surface area contributed by atoms with E-state index in [1.807, 2.05) is 0 Å². The zero-order chi connectivity index (χ0) is 14.8. The molecule has 0 bridgehead atoms. The van der Waals surface area contributed by atoms with Gasteiger partial charge in [-0.3, -0.25) is 0 Å². The first-order chi connectivity index (χ1) is 9.35. The summed E-state index contributed by atoms with van der Waals surface area (Å²) in [5, 5.41) is 12.7. The molecule has 0 saturated carbocycles. The third-order valence-corrected chi connectivity index (χ3v) is 2.84. The number of hydrogen-bond donors (Lipinski definition) is 2. The Kier molecular flexibility index (Phi) is 3.79. The molecule has 0 spiro atoms. The zero-order valence-electron chi connectivity index (χ0n) is 9.64. The smallest absolute Gasteiger partial charge is 0.476 e. The second kappa shape index (κ2) is 5.37. The molecule has 2 rings (SSSR count). The Morgan fingerprint density at radius 2 is 2.05 bits per heavy atom. The van der Waals surface area contributed by atoms with E-state index >= 15 is 0 Å². The molecule has 5 nitrogen and oxygen atoms in total. The molecule has 0 aliphatic heterocycles. The van der Waals surface area contributed by atoms with E-state index in [9.17, 15) is 18.0 Å². The number of rotatable bonds is 4. The predicted molar refractivity (Wildman–Crippen MR) is 65.5 cm³/mol. The summed E-state index contributed by atoms with van der Waals surface area (Å²) in [7, 11) is 0. The number of thiazole rings is 1. The highest BCUT2D eigenvalue weighted by atomic mass is 32.1. The van der Waals surface area contributed by atoms with Gasteiger partial charge in [-0.05, 0) is 12.1 Å². The number of benzene rings is 1. The maximum Gasteiger partial charge on any atom is 0.573 e. The van der Waals surface area contributed by atoms with Crippen molar-refractivity contribution in [3.05, 3.63) is 35.3 Å². The first-order valence-corrected chi connectivity index (χ1v) is 6.04. The van der Waals surface area contributed by atoms with Gasteiger partial charge < -0.3 is 15.2 Å². The minimum atomic E-state index is -4.81. The molecule has 9 heteroatoms. The maximum atomic E-state index is 12.2. The number of aromatic carboxylic acids is 1. The van der Waals surface area contributed by atoms with Gasteiger partial charge in [-0.2, -0.15) is 0 Å². The van der Waals surface area contributed by atoms with Crippen LogP contribution in [-0.2, 0) is 0 Å². The summed E-state index contributed by atoms with van der Waals surface area (Å²) in [4.78, 5) is 14.4. The van der Waals surface area contributed by atoms with Crippen LogP contribution in [0.2, 0.25) is 0 Å². The summed E-state index contributed by atoms with van der Waals surface area (Å²) >= 11 is 0.960. The molecule has 0 unspecified atom stereocenters. The second-order valence-electron chi connectivity index (χ2n) is 3.51. The molecule has 1 heterocycles. The Morgan fingerprint density at radius 1 is 1.35 bits per heavy atom. The van der Waals surface area contributed by atoms with Crippen molar-refractivity contribution in [3.8, 4) is 5.75 Å². The number of carboxylic acids is 1. The monoisotopic (exact) mass is 304 g/mol. The molecule has 2 aromatic rings. The van der Waals surface area contributed by atoms with Crippen LogP contribution in [0, 0.1) is 0 Å². The predicted octanol–water partition coefficient (Wildman–Crippen LogP) is 3.48. The highest BCUT2D eigenvalue weighted by Crippen LogP contribution is 2.32. The lowest BCUT2D eigenvalue weighted by molar-refractivity contribution is -0.274. The topological polar surface area (TPSA) is 71.5 Å². The Bertz CT molecular complexity index is 627. The van der Waals surface area contributed by atoms with E-state index in [1.165, 1.54) is 23.6 Å². The third kappa shape index (κ3) is 3.60. The zero-order valence-corrected chi connectivity index (χ0v) is 10.5. The normalized spacial score (nSPS) is 11.2. The van der Waals surface area contributed by atoms with E-state index in [0.717, 1.165) is 17.4 Å². The van der Waals surface area contributed by atoms with Crippen molar-refractivity contribution >= 4 is 28.1 Å². The van der Waals surface area contributed by atoms with Crippen LogP contribution in [0.1, 0.15) is 10.5 Å². The van der Waals surface area contributed by atoms with Crippen LogP contribution in [0.25, 0.3) is 0 Å². The van der Waals surface area contributed by atoms with Crippen molar-refractivity contribution in [2.75, 3.05) is 5.32 Å². The molecule has 0 fully saturated rings. The van der Waals surface area contributed by atoms with Gasteiger partial charge in [0.15, 0.2) is 16.6 Å². The van der Waals surface area contributed by atoms with Crippen molar-refractivity contribution in [1.29, 1.82) is 0 Å². The van der Waals surface area contributed by atoms with Crippen molar-refractivity contribution in [2.45, 2.75) is 6.36 Å². The van der Waals surface area contributed by atoms with Crippen LogP contribution < -0.4 is 10.1 Å². The van der Waals surface area contributed by atoms with Gasteiger partial charge in [0, 0.05) is 5.38 Å². The number of anilines is 2. The molecule has 1 aromatic heterocycles. The largest absolute Gasteiger partial charge is 0.573 e. The number of aromatic nitrogens is 1. The number of hydrogen-bond acceptors (Lipinski definition) is 5. The summed E-state index contributed by atoms with van der Waals surface area (Å²) in [6.07, 6.45) is -4.81. The number of nitrogens with zero attached hydrogens (tertiary/aromatic N) is 1. The third-order valence-electron chi connectivity index (χ3n) is 2.08. The Morgan fingerprint density at radius 3 is 2.65 bits per heavy atom. The van der Waals surface area contributed by atoms with Gasteiger partial charge in [-0.1, -0.05) is 12.1 Å². The van der Waals surface area contributed by atoms with Crippen LogP contribution >= 0.6 is 11.3 Å². The van der Waals surface area contributed by atoms with Gasteiger partial charge in [0.1, 0.15) is 0 Å². The highest BCUT2D eigenvalue weighted by Gasteiger charge is 2.32. The molecule has 0 aliphatic carbocycles. The molecular formula is C11H7F3N2O3S. The Hall–Kier alpha value is -2.29. The fourth-order valence-corrected chi connectivity index (χ4v) is 2.02. The van der Waals surface area contributed by atoms with E-state index < -0.39 is 18.1 Å². The number of carboxylic acid groups (broad SMARTS) is 1. The molecule has 20 heavy (non-hydrogen) atoms. The molecule has 0 radical (unpaired) electrons. The molecular weight excluding hydrogens is 297 g/mol. The Labute approximate surface area is 114 Å². The van der Waals surface area contributed by atoms with Crippen LogP contribution in [0.15, 0.2) is 29.6 Å². The summed E-state index contributed by atoms with van der Waals surface area (Å²) in [5.74, 6) is -1.64. The number of ether oxygens (including phenoxy) is 1. The van der Waals surface area contributed by atoms with Crippen LogP contribution in [0.3, 0.4) is 0 Å². The average molecular weight is 304 g/mol. The van der Waals surface area contributed by atoms with E-state index in [4.69, 9.17) is 5.11 Å². The molecule has 106 valence electrons. The van der Waals surface area contributed by atoms with Crippen molar-refractivity contribution in [3.63, 3.8) is 0 Å². The number of para-hydroxylation sites is 2. The van der Waals surface area contributed by atoms with E-state index in [-0.39, 0.29) is 16.5 Å². The SMILES string of the molecule is O=C(O)c1csc(Nc2ccccc2OC(F)(F)F)n1. The van der Waals surface area contributed by atoms with Gasteiger partial charge in [0.25, 0.3) is 0 Å². The lowest BCUT2D eigenvalue weighted by Crippen LogP contribution is -2.17. The molecule has 0 aliphatic rings. The fraction of sp³-hybridized carbons (Fsp3) is 0.0909. The average Bonchev–Trinajstić information content (AvgIpc) is 2.78. The number of alkyl halides is 3. The molecule has 0 saturated heterocycles. The molecule has 0 amide bonds. The molecule has 0 atom stereocenters. The second-order valence-corrected chi connectivity index (χ2v) is 4.37. The summed E-state index contributed by atoms with van der Waals surface area (Å²) < 4.78 is 40.5. The first-order valence-electron chi connectivity index (χ1n) is 5.16. The van der Waals surface area contributed by atoms with E-state index in [2.05, 4.69) is 15.0 Å². The van der Waals surface area contributed by atoms with Crippen molar-refractivity contribution in [1.82, 2.24) is 4.98 Å². The minimum Gasteiger partial charge on any atom is -0.476 e. The molecule has 2 N–H and O–H groups in total. The summed E-state index contributed by atoms with van der Waals surface area (Å²) in [6, 6.07) is 5.40. The van der Waals surface area contributed by atoms with Gasteiger partial charge in [0.2, 0.25) is 0 Å². The van der Waals surface area contributed by atoms with Gasteiger partial charge in [-0.15, -0.1) is 24.5 Å². The molecule has 1 aromatic carbocycles. The first kappa shape index (κ1) is 14.1. The van der Waals surface area contributed by atoms with E-state index in [1.54, 1.807) is 0 Å². The van der Waals surface area contributed by atoms with Gasteiger partial charge >= 0.3 is 12.3 Å². The van der Waals surface area contributed by atoms with Crippen LogP contribution in [-0.4, -0.2) is 22.4 Å². The lowest BCUT2D eigenvalue weighted by atomic mass is 10.3. The standard InChI is InChI=1S/C11H7F3N2O3S/c12-11(13,14)19-8-4-2-1-3-6(8)15-10-16-7(5-20-10)9(17)18/h1-5H,(H,15,16)(H,17,18). The number of halogens is 3. The quantitative estimate of drug-likeness (QED) is 0.904. The van der Waals surface area contributed by atoms with Crippen LogP contribution in [0.5, 0.6) is 5.75 Å². The maximum absolute atomic E-state index is 12.2. The van der Waals surface area contributed by atoms with Crippen molar-refractivity contribution < 1.29 is 27.8 Å². The number of carbonyl (C=O) groups is 1. The van der Waals surface area contributed by atoms with Gasteiger partial charge in [-0.25, -0.2) is 9.78 Å². The van der Waals surface area contributed by atoms with Gasteiger partial charge in [0.05, 0.1) is 5.69 Å². The Balaban J connectivity index is 2.22. The number of nitrogens with one attached hydrogen (secondary N) is 1. The van der Waals surface area contributed by atoms with Crippen molar-refractivity contribution in [2.24, 2.45) is 0 Å². The summed E-state index contributed by atoms with van der Waals surface area (Å²) in [6.45, 7) is 0. The van der Waals surface area contributed by atoms with Crippen LogP contribution in [0.4, 0.5) is 24.0 Å². The summed E-state index contributed by atoms with van der Waals surface area (Å²) in [5.41, 5.74) is -0.150. The fourth-order valence-electron chi connectivity index (χ4n) is 1.33. The highest BCUT2D eigenvalue weighted by molar-refractivity contribution is 7.14. The lowest BCUT2D eigenvalue weighted by Gasteiger charge is -2.13. The minimum absolute atomic E-state index is 0.0381.